The summed E-state index contributed by atoms with van der Waals surface area (Å²) in [5.41, 5.74) is -0.415. The van der Waals surface area contributed by atoms with Crippen molar-refractivity contribution in [1.82, 2.24) is 9.13 Å². The van der Waals surface area contributed by atoms with Crippen LogP contribution in [0.4, 0.5) is 0 Å². The van der Waals surface area contributed by atoms with E-state index in [4.69, 9.17) is 17.7 Å². The highest BCUT2D eigenvalue weighted by molar-refractivity contribution is 8.00. The number of aromatic nitrogens is 2. The summed E-state index contributed by atoms with van der Waals surface area (Å²) >= 11 is 1.54. The first kappa shape index (κ1) is 32.1. The van der Waals surface area contributed by atoms with Gasteiger partial charge in [-0.1, -0.05) is 73.6 Å². The molecule has 3 heterocycles. The molecule has 0 unspecified atom stereocenters. The monoisotopic (exact) mass is 620 g/mol. The number of thioether (sulfide) groups is 1. The van der Waals surface area contributed by atoms with E-state index in [9.17, 15) is 14.4 Å². The second-order valence-electron chi connectivity index (χ2n) is 12.2. The van der Waals surface area contributed by atoms with Crippen molar-refractivity contribution in [1.29, 1.82) is 0 Å². The number of carbonyl (C=O) groups excluding carboxylic acids is 1. The molecule has 2 aromatic rings. The summed E-state index contributed by atoms with van der Waals surface area (Å²) in [7, 11) is -4.03. The summed E-state index contributed by atoms with van der Waals surface area (Å²) in [4.78, 5) is 39.8. The zero-order chi connectivity index (χ0) is 30.3. The Morgan fingerprint density at radius 2 is 1.51 bits per heavy atom. The SMILES string of the molecule is CO[C@@H]1[C@@H]2O[Si](C(C)C)(C(C)C)O[Si](C(C)C)(C(C)C)OC[C@H]2S[C@H]1n1ccc(=O)n(C(=O)c2ccccc2)c1=O. The van der Waals surface area contributed by atoms with Gasteiger partial charge in [-0.05, 0) is 34.3 Å². The third-order valence-corrected chi connectivity index (χ3v) is 20.2. The van der Waals surface area contributed by atoms with Gasteiger partial charge >= 0.3 is 22.8 Å². The predicted molar refractivity (Wildman–Crippen MR) is 166 cm³/mol. The lowest BCUT2D eigenvalue weighted by Gasteiger charge is -2.51. The molecule has 12 heteroatoms. The molecule has 0 radical (unpaired) electrons. The van der Waals surface area contributed by atoms with Crippen LogP contribution < -0.4 is 11.2 Å². The van der Waals surface area contributed by atoms with Gasteiger partial charge in [-0.3, -0.25) is 14.2 Å². The molecule has 0 N–H and O–H groups in total. The number of methoxy groups -OCH3 is 1. The average Bonchev–Trinajstić information content (AvgIpc) is 3.24. The lowest BCUT2D eigenvalue weighted by atomic mass is 10.1. The average molecular weight is 621 g/mol. The molecule has 2 aliphatic rings. The third-order valence-electron chi connectivity index (χ3n) is 8.40. The Labute approximate surface area is 249 Å². The van der Waals surface area contributed by atoms with E-state index in [0.29, 0.717) is 11.2 Å². The second kappa shape index (κ2) is 12.4. The van der Waals surface area contributed by atoms with Crippen molar-refractivity contribution in [3.8, 4) is 0 Å². The minimum absolute atomic E-state index is 0.139. The molecule has 0 bridgehead atoms. The highest BCUT2D eigenvalue weighted by Crippen LogP contribution is 2.52. The topological polar surface area (TPSA) is 98.0 Å². The molecule has 1 aromatic carbocycles. The van der Waals surface area contributed by atoms with Crippen LogP contribution in [0.5, 0.6) is 0 Å². The van der Waals surface area contributed by atoms with Crippen molar-refractivity contribution >= 4 is 34.8 Å². The fraction of sp³-hybridized carbons (Fsp3) is 0.621. The lowest BCUT2D eigenvalue weighted by Crippen LogP contribution is -2.65. The molecule has 4 rings (SSSR count). The summed E-state index contributed by atoms with van der Waals surface area (Å²) < 4.78 is 29.6. The maximum absolute atomic E-state index is 13.8. The summed E-state index contributed by atoms with van der Waals surface area (Å²) in [5, 5.41) is -0.681. The molecule has 1 aromatic heterocycles. The van der Waals surface area contributed by atoms with Gasteiger partial charge < -0.3 is 17.7 Å². The first-order valence-electron chi connectivity index (χ1n) is 14.4. The van der Waals surface area contributed by atoms with E-state index in [1.165, 1.54) is 28.6 Å². The number of ether oxygens (including phenoxy) is 1. The van der Waals surface area contributed by atoms with Crippen LogP contribution in [0.15, 0.2) is 52.2 Å². The quantitative estimate of drug-likeness (QED) is 0.386. The Bertz CT molecular complexity index is 1330. The van der Waals surface area contributed by atoms with Gasteiger partial charge in [0.15, 0.2) is 0 Å². The van der Waals surface area contributed by atoms with Crippen LogP contribution >= 0.6 is 11.8 Å². The highest BCUT2D eigenvalue weighted by Gasteiger charge is 2.61. The first-order chi connectivity index (χ1) is 19.3. The molecule has 0 amide bonds. The van der Waals surface area contributed by atoms with E-state index in [2.05, 4.69) is 55.4 Å². The molecular formula is C29H44N2O7SSi2. The molecule has 2 saturated heterocycles. The van der Waals surface area contributed by atoms with Crippen LogP contribution in [0.1, 0.15) is 71.1 Å². The minimum Gasteiger partial charge on any atom is -0.414 e. The summed E-state index contributed by atoms with van der Waals surface area (Å²) in [5.74, 6) is -0.665. The van der Waals surface area contributed by atoms with Gasteiger partial charge in [0.1, 0.15) is 11.5 Å². The smallest absolute Gasteiger partial charge is 0.339 e. The van der Waals surface area contributed by atoms with Crippen molar-refractivity contribution < 1.29 is 22.5 Å². The zero-order valence-electron chi connectivity index (χ0n) is 25.5. The van der Waals surface area contributed by atoms with Crippen LogP contribution in [-0.4, -0.2) is 63.3 Å². The minimum atomic E-state index is -2.90. The first-order valence-corrected chi connectivity index (χ1v) is 19.3. The van der Waals surface area contributed by atoms with E-state index in [0.717, 1.165) is 0 Å². The third kappa shape index (κ3) is 5.64. The Kier molecular flexibility index (Phi) is 9.74. The number of fused-ring (bicyclic) bond motifs is 1. The number of hydrogen-bond donors (Lipinski definition) is 0. The van der Waals surface area contributed by atoms with E-state index in [1.54, 1.807) is 37.4 Å². The van der Waals surface area contributed by atoms with Gasteiger partial charge in [0.25, 0.3) is 11.5 Å². The maximum Gasteiger partial charge on any atom is 0.339 e. The Hall–Kier alpha value is -1.81. The number of nitrogens with zero attached hydrogens (tertiary/aromatic N) is 2. The number of rotatable bonds is 7. The van der Waals surface area contributed by atoms with Crippen LogP contribution in [0.2, 0.25) is 22.2 Å². The number of benzene rings is 1. The highest BCUT2D eigenvalue weighted by atomic mass is 32.2. The molecule has 0 spiro atoms. The van der Waals surface area contributed by atoms with Crippen LogP contribution in [0, 0.1) is 0 Å². The maximum atomic E-state index is 13.8. The molecule has 2 fully saturated rings. The fourth-order valence-electron chi connectivity index (χ4n) is 6.18. The predicted octanol–water partition coefficient (Wildman–Crippen LogP) is 5.28. The normalized spacial score (nSPS) is 25.9. The van der Waals surface area contributed by atoms with Crippen molar-refractivity contribution in [2.45, 2.75) is 100 Å². The molecule has 0 saturated carbocycles. The zero-order valence-corrected chi connectivity index (χ0v) is 28.3. The largest absolute Gasteiger partial charge is 0.414 e. The van der Waals surface area contributed by atoms with Crippen LogP contribution in [0.3, 0.4) is 0 Å². The standard InChI is InChI=1S/C29H44N2O7SSi2/c1-18(2)40(19(3)4)36-17-23-25(37-41(38-40,20(5)6)21(7)8)26(35-9)28(39-23)30-16-15-24(32)31(29(30)34)27(33)22-13-11-10-12-14-22/h10-16,18-21,23,25-26,28H,17H2,1-9H3/t23-,25-,26-,28-/m1/s1. The van der Waals surface area contributed by atoms with Gasteiger partial charge in [-0.2, -0.15) is 4.57 Å². The van der Waals surface area contributed by atoms with E-state index >= 15 is 0 Å². The van der Waals surface area contributed by atoms with Crippen molar-refractivity contribution in [2.24, 2.45) is 0 Å². The summed E-state index contributed by atoms with van der Waals surface area (Å²) in [6.45, 7) is 17.8. The van der Waals surface area contributed by atoms with Gasteiger partial charge in [-0.25, -0.2) is 4.79 Å². The Morgan fingerprint density at radius 3 is 2.05 bits per heavy atom. The second-order valence-corrected chi connectivity index (χ2v) is 22.4. The van der Waals surface area contributed by atoms with Gasteiger partial charge in [0.05, 0.1) is 18.0 Å². The van der Waals surface area contributed by atoms with Crippen molar-refractivity contribution in [3.05, 3.63) is 69.0 Å². The molecular weight excluding hydrogens is 577 g/mol. The van der Waals surface area contributed by atoms with Gasteiger partial charge in [-0.15, -0.1) is 11.8 Å². The molecule has 0 aliphatic carbocycles. The number of hydrogen-bond acceptors (Lipinski definition) is 8. The molecule has 226 valence electrons. The van der Waals surface area contributed by atoms with Crippen LogP contribution in [0.25, 0.3) is 0 Å². The molecule has 4 atom stereocenters. The molecule has 9 nitrogen and oxygen atoms in total. The van der Waals surface area contributed by atoms with E-state index < -0.39 is 51.9 Å². The van der Waals surface area contributed by atoms with Crippen molar-refractivity contribution in [3.63, 3.8) is 0 Å². The Morgan fingerprint density at radius 1 is 0.927 bits per heavy atom. The van der Waals surface area contributed by atoms with Crippen molar-refractivity contribution in [2.75, 3.05) is 13.7 Å². The van der Waals surface area contributed by atoms with Gasteiger partial charge in [0, 0.05) is 24.9 Å². The lowest BCUT2D eigenvalue weighted by molar-refractivity contribution is -0.0317. The Balaban J connectivity index is 1.81. The van der Waals surface area contributed by atoms with Crippen LogP contribution in [-0.2, 0) is 17.7 Å². The molecule has 2 aliphatic heterocycles. The summed E-state index contributed by atoms with van der Waals surface area (Å²) in [6.07, 6.45) is 0.510. The summed E-state index contributed by atoms with van der Waals surface area (Å²) in [6, 6.07) is 9.59. The van der Waals surface area contributed by atoms with E-state index in [-0.39, 0.29) is 33.0 Å². The fourth-order valence-corrected chi connectivity index (χ4v) is 19.2. The van der Waals surface area contributed by atoms with E-state index in [1.807, 2.05) is 0 Å². The molecule has 41 heavy (non-hydrogen) atoms. The van der Waals surface area contributed by atoms with Gasteiger partial charge in [0.2, 0.25) is 0 Å². The number of carbonyl (C=O) groups is 1.